The van der Waals surface area contributed by atoms with Crippen molar-refractivity contribution in [3.63, 3.8) is 0 Å². The van der Waals surface area contributed by atoms with Crippen molar-refractivity contribution in [1.29, 1.82) is 0 Å². The van der Waals surface area contributed by atoms with Gasteiger partial charge in [-0.25, -0.2) is 14.6 Å². The molecule has 0 spiro atoms. The zero-order valence-corrected chi connectivity index (χ0v) is 25.1. The van der Waals surface area contributed by atoms with Crippen LogP contribution in [-0.4, -0.2) is 71.1 Å². The number of esters is 1. The van der Waals surface area contributed by atoms with Crippen LogP contribution < -0.4 is 9.47 Å². The maximum absolute atomic E-state index is 12.6. The first-order chi connectivity index (χ1) is 20.1. The molecule has 2 aromatic heterocycles. The van der Waals surface area contributed by atoms with Crippen molar-refractivity contribution in [3.05, 3.63) is 42.0 Å². The minimum Gasteiger partial charge on any atom is -0.497 e. The first kappa shape index (κ1) is 27.9. The summed E-state index contributed by atoms with van der Waals surface area (Å²) in [6.45, 7) is 8.28. The number of fused-ring (bicyclic) bond motifs is 2. The zero-order chi connectivity index (χ0) is 29.8. The number of methoxy groups -OCH3 is 3. The molecule has 0 radical (unpaired) electrons. The van der Waals surface area contributed by atoms with E-state index < -0.39 is 11.6 Å². The molecule has 1 aliphatic heterocycles. The molecule has 10 heteroatoms. The van der Waals surface area contributed by atoms with Crippen molar-refractivity contribution >= 4 is 34.0 Å². The molecule has 0 unspecified atom stereocenters. The van der Waals surface area contributed by atoms with Crippen LogP contribution in [0.5, 0.6) is 11.5 Å². The number of likely N-dealkylation sites (tertiary alicyclic amines) is 1. The van der Waals surface area contributed by atoms with Crippen molar-refractivity contribution in [3.8, 4) is 23.0 Å². The third kappa shape index (κ3) is 5.26. The number of aromatic nitrogens is 3. The number of imidazole rings is 1. The number of nitrogens with zero attached hydrogens (tertiary/aromatic N) is 4. The van der Waals surface area contributed by atoms with Gasteiger partial charge in [-0.1, -0.05) is 0 Å². The molecule has 3 heterocycles. The Morgan fingerprint density at radius 3 is 2.31 bits per heavy atom. The van der Waals surface area contributed by atoms with Crippen LogP contribution >= 0.6 is 0 Å². The number of carbonyl (C=O) groups excluding carboxylic acids is 2. The monoisotopic (exact) mass is 574 g/mol. The van der Waals surface area contributed by atoms with Crippen molar-refractivity contribution in [2.45, 2.75) is 52.3 Å². The molecule has 4 aromatic rings. The van der Waals surface area contributed by atoms with E-state index in [4.69, 9.17) is 23.9 Å². The first-order valence-electron chi connectivity index (χ1n) is 14.4. The minimum atomic E-state index is -0.543. The van der Waals surface area contributed by atoms with Gasteiger partial charge in [-0.15, -0.1) is 0 Å². The topological polar surface area (TPSA) is 97.0 Å². The summed E-state index contributed by atoms with van der Waals surface area (Å²) in [7, 11) is 4.64. The Kier molecular flexibility index (Phi) is 7.03. The Labute approximate surface area is 245 Å². The van der Waals surface area contributed by atoms with Crippen LogP contribution in [0.2, 0.25) is 0 Å². The molecule has 42 heavy (non-hydrogen) atoms. The van der Waals surface area contributed by atoms with Gasteiger partial charge in [-0.3, -0.25) is 0 Å². The fourth-order valence-corrected chi connectivity index (χ4v) is 5.72. The molecule has 222 valence electrons. The summed E-state index contributed by atoms with van der Waals surface area (Å²) in [6, 6.07) is 11.8. The summed E-state index contributed by atoms with van der Waals surface area (Å²) in [5.41, 5.74) is 3.37. The van der Waals surface area contributed by atoms with Gasteiger partial charge < -0.3 is 33.0 Å². The van der Waals surface area contributed by atoms with E-state index in [1.807, 2.05) is 26.8 Å². The number of hydrogen-bond donors (Lipinski definition) is 0. The van der Waals surface area contributed by atoms with Gasteiger partial charge in [-0.05, 0) is 69.9 Å². The second kappa shape index (κ2) is 10.6. The molecule has 1 saturated heterocycles. The number of ether oxygens (including phenoxy) is 4. The lowest BCUT2D eigenvalue weighted by Gasteiger charge is -2.40. The summed E-state index contributed by atoms with van der Waals surface area (Å²) >= 11 is 0. The highest BCUT2D eigenvalue weighted by Gasteiger charge is 2.35. The smallest absolute Gasteiger partial charge is 0.410 e. The lowest BCUT2D eigenvalue weighted by Crippen LogP contribution is -2.52. The van der Waals surface area contributed by atoms with Gasteiger partial charge in [0.25, 0.3) is 0 Å². The summed E-state index contributed by atoms with van der Waals surface area (Å²) in [4.78, 5) is 32.0. The van der Waals surface area contributed by atoms with E-state index in [1.165, 1.54) is 20.0 Å². The second-order valence-electron chi connectivity index (χ2n) is 12.3. The standard InChI is InChI=1S/C32H38N4O6/c1-32(2,3)42-31(38)34-15-20(16-34)18-36-28-24(11-22(30(37)41-6)13-27(28)40-5)33-29(36)26-12-21-9-10-23(39-4)14-25(21)35(26)17-19-7-8-19/h9-14,19-20H,7-8,15-18H2,1-6H3. The van der Waals surface area contributed by atoms with E-state index in [2.05, 4.69) is 27.3 Å². The van der Waals surface area contributed by atoms with E-state index in [9.17, 15) is 9.59 Å². The third-order valence-electron chi connectivity index (χ3n) is 7.98. The van der Waals surface area contributed by atoms with E-state index in [0.29, 0.717) is 42.4 Å². The van der Waals surface area contributed by atoms with Crippen molar-refractivity contribution in [1.82, 2.24) is 19.0 Å². The van der Waals surface area contributed by atoms with Gasteiger partial charge in [0.2, 0.25) is 0 Å². The number of benzene rings is 2. The van der Waals surface area contributed by atoms with Gasteiger partial charge in [-0.2, -0.15) is 0 Å². The molecule has 2 fully saturated rings. The predicted molar refractivity (Wildman–Crippen MR) is 159 cm³/mol. The average molecular weight is 575 g/mol. The Morgan fingerprint density at radius 1 is 0.929 bits per heavy atom. The van der Waals surface area contributed by atoms with Crippen molar-refractivity contribution in [2.75, 3.05) is 34.4 Å². The Morgan fingerprint density at radius 2 is 1.67 bits per heavy atom. The Balaban J connectivity index is 1.46. The van der Waals surface area contributed by atoms with Gasteiger partial charge in [0.1, 0.15) is 22.6 Å². The molecule has 0 bridgehead atoms. The molecular formula is C32H38N4O6. The SMILES string of the molecule is COC(=O)c1cc(OC)c2c(c1)nc(-c1cc3ccc(OC)cc3n1CC1CC1)n2CC1CN(C(=O)OC(C)(C)C)C1. The summed E-state index contributed by atoms with van der Waals surface area (Å²) in [5.74, 6) is 2.50. The van der Waals surface area contributed by atoms with Crippen LogP contribution in [0.4, 0.5) is 4.79 Å². The summed E-state index contributed by atoms with van der Waals surface area (Å²) in [5, 5.41) is 1.10. The molecule has 2 aliphatic rings. The number of carbonyl (C=O) groups is 2. The lowest BCUT2D eigenvalue weighted by molar-refractivity contribution is -0.00313. The van der Waals surface area contributed by atoms with E-state index in [-0.39, 0.29) is 12.0 Å². The van der Waals surface area contributed by atoms with Gasteiger partial charge in [0, 0.05) is 43.5 Å². The maximum atomic E-state index is 12.6. The fraction of sp³-hybridized carbons (Fsp3) is 0.469. The molecule has 0 N–H and O–H groups in total. The van der Waals surface area contributed by atoms with Crippen LogP contribution in [0.1, 0.15) is 44.0 Å². The molecule has 10 nitrogen and oxygen atoms in total. The highest BCUT2D eigenvalue weighted by molar-refractivity contribution is 5.97. The van der Waals surface area contributed by atoms with E-state index in [1.54, 1.807) is 31.3 Å². The van der Waals surface area contributed by atoms with Crippen LogP contribution in [-0.2, 0) is 22.6 Å². The number of amides is 1. The average Bonchev–Trinajstić information content (AvgIpc) is 3.59. The van der Waals surface area contributed by atoms with Crippen molar-refractivity contribution in [2.24, 2.45) is 11.8 Å². The van der Waals surface area contributed by atoms with Gasteiger partial charge >= 0.3 is 12.1 Å². The molecule has 6 rings (SSSR count). The fourth-order valence-electron chi connectivity index (χ4n) is 5.72. The third-order valence-corrected chi connectivity index (χ3v) is 7.98. The van der Waals surface area contributed by atoms with E-state index in [0.717, 1.165) is 40.2 Å². The highest BCUT2D eigenvalue weighted by Crippen LogP contribution is 2.40. The zero-order valence-electron chi connectivity index (χ0n) is 25.1. The molecule has 1 amide bonds. The Bertz CT molecular complexity index is 1670. The molecule has 1 aliphatic carbocycles. The van der Waals surface area contributed by atoms with Crippen molar-refractivity contribution < 1.29 is 28.5 Å². The molecular weight excluding hydrogens is 536 g/mol. The molecule has 2 aromatic carbocycles. The molecule has 1 saturated carbocycles. The summed E-state index contributed by atoms with van der Waals surface area (Å²) in [6.07, 6.45) is 2.12. The predicted octanol–water partition coefficient (Wildman–Crippen LogP) is 5.74. The first-order valence-corrected chi connectivity index (χ1v) is 14.4. The second-order valence-corrected chi connectivity index (χ2v) is 12.3. The van der Waals surface area contributed by atoms with Crippen LogP contribution in [0, 0.1) is 11.8 Å². The largest absolute Gasteiger partial charge is 0.497 e. The van der Waals surface area contributed by atoms with Crippen LogP contribution in [0.15, 0.2) is 36.4 Å². The lowest BCUT2D eigenvalue weighted by atomic mass is 10.0. The number of rotatable bonds is 8. The maximum Gasteiger partial charge on any atom is 0.410 e. The van der Waals surface area contributed by atoms with Crippen LogP contribution in [0.25, 0.3) is 33.5 Å². The van der Waals surface area contributed by atoms with Gasteiger partial charge in [0.05, 0.1) is 43.6 Å². The highest BCUT2D eigenvalue weighted by atomic mass is 16.6. The Hall–Kier alpha value is -4.21. The van der Waals surface area contributed by atoms with E-state index >= 15 is 0 Å². The molecule has 0 atom stereocenters. The minimum absolute atomic E-state index is 0.194. The number of hydrogen-bond acceptors (Lipinski definition) is 7. The normalized spacial score (nSPS) is 15.6. The van der Waals surface area contributed by atoms with Gasteiger partial charge in [0.15, 0.2) is 5.82 Å². The summed E-state index contributed by atoms with van der Waals surface area (Å²) < 4.78 is 26.5. The quantitative estimate of drug-likeness (QED) is 0.248. The van der Waals surface area contributed by atoms with Crippen LogP contribution in [0.3, 0.4) is 0 Å².